The summed E-state index contributed by atoms with van der Waals surface area (Å²) in [7, 11) is 0. The van der Waals surface area contributed by atoms with E-state index >= 15 is 0 Å². The number of aliphatic hydroxyl groups excluding tert-OH is 1. The van der Waals surface area contributed by atoms with Gasteiger partial charge in [0.1, 0.15) is 16.6 Å². The minimum Gasteiger partial charge on any atom is -0.388 e. The van der Waals surface area contributed by atoms with Gasteiger partial charge in [-0.25, -0.2) is 13.8 Å². The van der Waals surface area contributed by atoms with Crippen LogP contribution in [-0.2, 0) is 11.2 Å². The summed E-state index contributed by atoms with van der Waals surface area (Å²) in [5, 5.41) is 12.7. The third-order valence-corrected chi connectivity index (χ3v) is 5.70. The molecule has 0 spiro atoms. The van der Waals surface area contributed by atoms with E-state index in [-0.39, 0.29) is 18.1 Å². The molecular weight excluding hydrogens is 382 g/mol. The molecule has 144 valence electrons. The van der Waals surface area contributed by atoms with Gasteiger partial charge in [-0.2, -0.15) is 0 Å². The van der Waals surface area contributed by atoms with Crippen molar-refractivity contribution in [1.29, 1.82) is 0 Å². The Morgan fingerprint density at radius 3 is 2.86 bits per heavy atom. The van der Waals surface area contributed by atoms with Crippen molar-refractivity contribution in [1.82, 2.24) is 4.98 Å². The number of anilines is 1. The number of fused-ring (bicyclic) bond motifs is 1. The van der Waals surface area contributed by atoms with Crippen molar-refractivity contribution in [2.24, 2.45) is 0 Å². The van der Waals surface area contributed by atoms with E-state index in [9.17, 15) is 18.7 Å². The predicted octanol–water partition coefficient (Wildman–Crippen LogP) is 4.49. The second-order valence-electron chi connectivity index (χ2n) is 6.74. The van der Waals surface area contributed by atoms with E-state index in [1.807, 2.05) is 0 Å². The van der Waals surface area contributed by atoms with E-state index < -0.39 is 11.9 Å². The Labute approximate surface area is 165 Å². The lowest BCUT2D eigenvalue weighted by Crippen LogP contribution is -2.33. The van der Waals surface area contributed by atoms with Crippen molar-refractivity contribution in [3.63, 3.8) is 0 Å². The molecule has 2 heterocycles. The molecule has 4 rings (SSSR count). The van der Waals surface area contributed by atoms with Gasteiger partial charge in [-0.05, 0) is 43.2 Å². The first kappa shape index (κ1) is 18.7. The summed E-state index contributed by atoms with van der Waals surface area (Å²) in [5.74, 6) is -0.943. The van der Waals surface area contributed by atoms with Gasteiger partial charge >= 0.3 is 0 Å². The van der Waals surface area contributed by atoms with E-state index in [0.29, 0.717) is 46.9 Å². The molecule has 1 aliphatic heterocycles. The molecule has 0 unspecified atom stereocenters. The van der Waals surface area contributed by atoms with E-state index in [2.05, 4.69) is 4.98 Å². The van der Waals surface area contributed by atoms with E-state index in [4.69, 9.17) is 0 Å². The summed E-state index contributed by atoms with van der Waals surface area (Å²) >= 11 is 1.35. The largest absolute Gasteiger partial charge is 0.388 e. The maximum absolute atomic E-state index is 13.6. The molecule has 28 heavy (non-hydrogen) atoms. The van der Waals surface area contributed by atoms with Gasteiger partial charge < -0.3 is 10.0 Å². The van der Waals surface area contributed by atoms with Crippen LogP contribution in [0.1, 0.15) is 30.2 Å². The summed E-state index contributed by atoms with van der Waals surface area (Å²) in [4.78, 5) is 19.0. The first-order chi connectivity index (χ1) is 13.5. The van der Waals surface area contributed by atoms with Gasteiger partial charge in [-0.3, -0.25) is 4.79 Å². The number of amides is 1. The van der Waals surface area contributed by atoms with Gasteiger partial charge in [0.25, 0.3) is 0 Å². The van der Waals surface area contributed by atoms with E-state index in [1.54, 1.807) is 22.4 Å². The summed E-state index contributed by atoms with van der Waals surface area (Å²) in [5.41, 5.74) is 2.24. The van der Waals surface area contributed by atoms with Crippen molar-refractivity contribution in [2.45, 2.75) is 25.4 Å². The Hall–Kier alpha value is -2.64. The lowest BCUT2D eigenvalue weighted by atomic mass is 10.0. The quantitative estimate of drug-likeness (QED) is 0.705. The first-order valence-electron chi connectivity index (χ1n) is 8.99. The molecule has 7 heteroatoms. The average molecular weight is 400 g/mol. The maximum Gasteiger partial charge on any atom is 0.233 e. The van der Waals surface area contributed by atoms with Crippen LogP contribution in [0, 0.1) is 11.6 Å². The number of nitrogens with zero attached hydrogens (tertiary/aromatic N) is 2. The Morgan fingerprint density at radius 2 is 2.04 bits per heavy atom. The highest BCUT2D eigenvalue weighted by Gasteiger charge is 2.26. The zero-order valence-corrected chi connectivity index (χ0v) is 15.8. The van der Waals surface area contributed by atoms with Gasteiger partial charge in [0.15, 0.2) is 0 Å². The number of rotatable bonds is 3. The summed E-state index contributed by atoms with van der Waals surface area (Å²) in [6.07, 6.45) is 0.385. The summed E-state index contributed by atoms with van der Waals surface area (Å²) < 4.78 is 27.0. The van der Waals surface area contributed by atoms with Gasteiger partial charge in [0, 0.05) is 28.7 Å². The third kappa shape index (κ3) is 3.81. The number of aliphatic hydroxyl groups is 1. The SMILES string of the molecule is O=C(Cc1csc(-c2cccc(F)c2)n1)N1CCC[C@@H](O)c2cc(F)ccc21. The molecular formula is C21H18F2N2O2S. The Morgan fingerprint density at radius 1 is 1.21 bits per heavy atom. The fourth-order valence-electron chi connectivity index (χ4n) is 3.41. The first-order valence-corrected chi connectivity index (χ1v) is 9.87. The molecule has 0 fully saturated rings. The fourth-order valence-corrected chi connectivity index (χ4v) is 4.23. The Balaban J connectivity index is 1.57. The summed E-state index contributed by atoms with van der Waals surface area (Å²) in [6, 6.07) is 10.3. The van der Waals surface area contributed by atoms with Gasteiger partial charge in [0.2, 0.25) is 5.91 Å². The Bertz CT molecular complexity index is 1020. The molecule has 4 nitrogen and oxygen atoms in total. The minimum absolute atomic E-state index is 0.0821. The monoisotopic (exact) mass is 400 g/mol. The van der Waals surface area contributed by atoms with Crippen LogP contribution in [0.3, 0.4) is 0 Å². The lowest BCUT2D eigenvalue weighted by molar-refractivity contribution is -0.118. The van der Waals surface area contributed by atoms with Gasteiger partial charge in [-0.1, -0.05) is 12.1 Å². The molecule has 1 aromatic heterocycles. The van der Waals surface area contributed by atoms with Crippen LogP contribution >= 0.6 is 11.3 Å². The molecule has 1 N–H and O–H groups in total. The van der Waals surface area contributed by atoms with E-state index in [0.717, 1.165) is 0 Å². The van der Waals surface area contributed by atoms with E-state index in [1.165, 1.54) is 41.7 Å². The molecule has 0 aliphatic carbocycles. The molecule has 1 amide bonds. The highest BCUT2D eigenvalue weighted by atomic mass is 32.1. The van der Waals surface area contributed by atoms with Crippen LogP contribution in [0.25, 0.3) is 10.6 Å². The number of carbonyl (C=O) groups excluding carboxylic acids is 1. The van der Waals surface area contributed by atoms with Gasteiger partial charge in [-0.15, -0.1) is 11.3 Å². The molecule has 0 bridgehead atoms. The molecule has 1 atom stereocenters. The number of hydrogen-bond acceptors (Lipinski definition) is 4. The topological polar surface area (TPSA) is 53.4 Å². The second-order valence-corrected chi connectivity index (χ2v) is 7.60. The van der Waals surface area contributed by atoms with Crippen molar-refractivity contribution in [2.75, 3.05) is 11.4 Å². The number of aromatic nitrogens is 1. The molecule has 1 aliphatic rings. The van der Waals surface area contributed by atoms with Crippen LogP contribution < -0.4 is 4.90 Å². The van der Waals surface area contributed by atoms with Crippen LogP contribution in [0.5, 0.6) is 0 Å². The number of benzene rings is 2. The number of hydrogen-bond donors (Lipinski definition) is 1. The number of thiazole rings is 1. The second kappa shape index (κ2) is 7.77. The van der Waals surface area contributed by atoms with Crippen LogP contribution in [0.4, 0.5) is 14.5 Å². The molecule has 2 aromatic carbocycles. The zero-order valence-electron chi connectivity index (χ0n) is 14.9. The van der Waals surface area contributed by atoms with Crippen molar-refractivity contribution >= 4 is 22.9 Å². The normalized spacial score (nSPS) is 16.5. The van der Waals surface area contributed by atoms with Gasteiger partial charge in [0.05, 0.1) is 18.2 Å². The van der Waals surface area contributed by atoms with Crippen molar-refractivity contribution in [3.05, 3.63) is 70.7 Å². The smallest absolute Gasteiger partial charge is 0.233 e. The third-order valence-electron chi connectivity index (χ3n) is 4.76. The average Bonchev–Trinajstić information content (AvgIpc) is 3.07. The number of halogens is 2. The summed E-state index contributed by atoms with van der Waals surface area (Å²) in [6.45, 7) is 0.454. The van der Waals surface area contributed by atoms with Crippen LogP contribution in [-0.4, -0.2) is 22.5 Å². The van der Waals surface area contributed by atoms with Crippen molar-refractivity contribution < 1.29 is 18.7 Å². The maximum atomic E-state index is 13.6. The molecule has 3 aromatic rings. The van der Waals surface area contributed by atoms with Crippen molar-refractivity contribution in [3.8, 4) is 10.6 Å². The minimum atomic E-state index is -0.789. The molecule has 0 saturated heterocycles. The fraction of sp³-hybridized carbons (Fsp3) is 0.238. The highest BCUT2D eigenvalue weighted by Crippen LogP contribution is 2.34. The standard InChI is InChI=1S/C21H18F2N2O2S/c22-14-4-1-3-13(9-14)21-24-16(12-28-21)11-20(27)25-8-2-5-19(26)17-10-15(23)6-7-18(17)25/h1,3-4,6-7,9-10,12,19,26H,2,5,8,11H2/t19-/m1/s1. The van der Waals surface area contributed by atoms with Crippen LogP contribution in [0.15, 0.2) is 47.8 Å². The lowest BCUT2D eigenvalue weighted by Gasteiger charge is -2.23. The highest BCUT2D eigenvalue weighted by molar-refractivity contribution is 7.13. The zero-order chi connectivity index (χ0) is 19.7. The van der Waals surface area contributed by atoms with Crippen LogP contribution in [0.2, 0.25) is 0 Å². The number of carbonyl (C=O) groups is 1. The molecule has 0 radical (unpaired) electrons. The molecule has 0 saturated carbocycles. The predicted molar refractivity (Wildman–Crippen MR) is 104 cm³/mol. The Kier molecular flexibility index (Phi) is 5.19.